The zero-order valence-corrected chi connectivity index (χ0v) is 10.5. The summed E-state index contributed by atoms with van der Waals surface area (Å²) in [6.07, 6.45) is -5.24. The summed E-state index contributed by atoms with van der Waals surface area (Å²) in [5.41, 5.74) is 0. The molecule has 1 aromatic rings. The van der Waals surface area contributed by atoms with Crippen molar-refractivity contribution >= 4 is 22.4 Å². The van der Waals surface area contributed by atoms with Crippen molar-refractivity contribution in [2.75, 3.05) is 18.4 Å². The van der Waals surface area contributed by atoms with Gasteiger partial charge in [0.05, 0.1) is 0 Å². The molecule has 0 atom stereocenters. The fraction of sp³-hybridized carbons (Fsp3) is 0.667. The van der Waals surface area contributed by atoms with Crippen LogP contribution in [0.2, 0.25) is 0 Å². The minimum absolute atomic E-state index is 0.0333. The molecule has 0 aliphatic carbocycles. The number of carbonyl (C=O) groups excluding carboxylic acids is 1. The van der Waals surface area contributed by atoms with Gasteiger partial charge in [-0.25, -0.2) is 0 Å². The van der Waals surface area contributed by atoms with Crippen molar-refractivity contribution in [2.45, 2.75) is 25.9 Å². The van der Waals surface area contributed by atoms with Gasteiger partial charge in [-0.2, -0.15) is 13.2 Å². The Kier molecular flexibility index (Phi) is 5.32. The standard InChI is InChI=1S/C9H13F3N4OS/c1-2-13-8-16-15-7(18-8)6(17)14-5-3-4-9(10,11)12/h2-5H2,1H3,(H,13,16)(H,14,17). The number of hydrogen-bond donors (Lipinski definition) is 2. The molecule has 1 amide bonds. The Morgan fingerprint density at radius 3 is 2.72 bits per heavy atom. The second kappa shape index (κ2) is 6.53. The van der Waals surface area contributed by atoms with Crippen molar-refractivity contribution in [3.63, 3.8) is 0 Å². The van der Waals surface area contributed by atoms with E-state index in [-0.39, 0.29) is 18.0 Å². The summed E-state index contributed by atoms with van der Waals surface area (Å²) in [6.45, 7) is 2.49. The Bertz CT molecular complexity index is 393. The molecular weight excluding hydrogens is 269 g/mol. The van der Waals surface area contributed by atoms with E-state index in [1.54, 1.807) is 0 Å². The van der Waals surface area contributed by atoms with E-state index in [0.29, 0.717) is 11.7 Å². The van der Waals surface area contributed by atoms with E-state index in [9.17, 15) is 18.0 Å². The van der Waals surface area contributed by atoms with E-state index in [1.807, 2.05) is 6.92 Å². The first kappa shape index (κ1) is 14.7. The highest BCUT2D eigenvalue weighted by molar-refractivity contribution is 7.17. The van der Waals surface area contributed by atoms with Gasteiger partial charge in [-0.1, -0.05) is 11.3 Å². The highest BCUT2D eigenvalue weighted by Gasteiger charge is 2.26. The molecule has 0 bridgehead atoms. The van der Waals surface area contributed by atoms with Gasteiger partial charge in [0.1, 0.15) is 0 Å². The highest BCUT2D eigenvalue weighted by Crippen LogP contribution is 2.20. The van der Waals surface area contributed by atoms with Crippen molar-refractivity contribution < 1.29 is 18.0 Å². The number of nitrogens with zero attached hydrogens (tertiary/aromatic N) is 2. The molecule has 9 heteroatoms. The smallest absolute Gasteiger partial charge is 0.360 e. The van der Waals surface area contributed by atoms with Gasteiger partial charge in [-0.15, -0.1) is 10.2 Å². The quantitative estimate of drug-likeness (QED) is 0.784. The molecule has 2 N–H and O–H groups in total. The summed E-state index contributed by atoms with van der Waals surface area (Å²) in [5, 5.41) is 13.2. The van der Waals surface area contributed by atoms with Crippen LogP contribution in [0.4, 0.5) is 18.3 Å². The topological polar surface area (TPSA) is 66.9 Å². The van der Waals surface area contributed by atoms with Crippen LogP contribution in [0.5, 0.6) is 0 Å². The number of rotatable bonds is 6. The van der Waals surface area contributed by atoms with Gasteiger partial charge in [0, 0.05) is 19.5 Å². The van der Waals surface area contributed by atoms with Crippen LogP contribution in [0.15, 0.2) is 0 Å². The molecule has 0 aliphatic rings. The SMILES string of the molecule is CCNc1nnc(C(=O)NCCCC(F)(F)F)s1. The second-order valence-corrected chi connectivity index (χ2v) is 4.39. The van der Waals surface area contributed by atoms with Crippen LogP contribution in [0.1, 0.15) is 29.6 Å². The molecule has 0 unspecified atom stereocenters. The number of anilines is 1. The van der Waals surface area contributed by atoms with Gasteiger partial charge in [0.15, 0.2) is 0 Å². The van der Waals surface area contributed by atoms with Gasteiger partial charge < -0.3 is 10.6 Å². The van der Waals surface area contributed by atoms with E-state index in [2.05, 4.69) is 20.8 Å². The third-order valence-electron chi connectivity index (χ3n) is 1.87. The van der Waals surface area contributed by atoms with Crippen LogP contribution < -0.4 is 10.6 Å². The largest absolute Gasteiger partial charge is 0.389 e. The van der Waals surface area contributed by atoms with E-state index < -0.39 is 18.5 Å². The Balaban J connectivity index is 2.31. The lowest BCUT2D eigenvalue weighted by atomic mass is 10.3. The maximum atomic E-state index is 11.8. The third kappa shape index (κ3) is 5.30. The van der Waals surface area contributed by atoms with Gasteiger partial charge in [0.2, 0.25) is 10.1 Å². The summed E-state index contributed by atoms with van der Waals surface area (Å²) in [4.78, 5) is 11.5. The Hall–Kier alpha value is -1.38. The van der Waals surface area contributed by atoms with E-state index >= 15 is 0 Å². The molecule has 5 nitrogen and oxygen atoms in total. The van der Waals surface area contributed by atoms with Crippen molar-refractivity contribution in [3.8, 4) is 0 Å². The Morgan fingerprint density at radius 2 is 2.11 bits per heavy atom. The average molecular weight is 282 g/mol. The number of carbonyl (C=O) groups is 1. The molecule has 0 fully saturated rings. The number of hydrogen-bond acceptors (Lipinski definition) is 5. The van der Waals surface area contributed by atoms with E-state index in [4.69, 9.17) is 0 Å². The maximum absolute atomic E-state index is 11.8. The van der Waals surface area contributed by atoms with Crippen molar-refractivity contribution in [2.24, 2.45) is 0 Å². The summed E-state index contributed by atoms with van der Waals surface area (Å²) >= 11 is 1.06. The first-order valence-electron chi connectivity index (χ1n) is 5.34. The molecular formula is C9H13F3N4OS. The first-order valence-corrected chi connectivity index (χ1v) is 6.16. The Labute approximate surface area is 106 Å². The second-order valence-electron chi connectivity index (χ2n) is 3.42. The molecule has 1 rings (SSSR count). The Morgan fingerprint density at radius 1 is 1.39 bits per heavy atom. The minimum atomic E-state index is -4.19. The molecule has 0 aliphatic heterocycles. The normalized spacial score (nSPS) is 11.3. The highest BCUT2D eigenvalue weighted by atomic mass is 32.1. The summed E-state index contributed by atoms with van der Waals surface area (Å²) in [5.74, 6) is -0.501. The number of alkyl halides is 3. The monoisotopic (exact) mass is 282 g/mol. The van der Waals surface area contributed by atoms with E-state index in [0.717, 1.165) is 11.3 Å². The van der Waals surface area contributed by atoms with Crippen LogP contribution in [-0.2, 0) is 0 Å². The van der Waals surface area contributed by atoms with Crippen LogP contribution in [-0.4, -0.2) is 35.4 Å². The van der Waals surface area contributed by atoms with Gasteiger partial charge in [0.25, 0.3) is 5.91 Å². The van der Waals surface area contributed by atoms with Crippen LogP contribution >= 0.6 is 11.3 Å². The fourth-order valence-electron chi connectivity index (χ4n) is 1.10. The predicted molar refractivity (Wildman–Crippen MR) is 61.7 cm³/mol. The lowest BCUT2D eigenvalue weighted by Gasteiger charge is -2.05. The maximum Gasteiger partial charge on any atom is 0.389 e. The number of halogens is 3. The zero-order valence-electron chi connectivity index (χ0n) is 9.67. The molecule has 1 heterocycles. The molecule has 0 spiro atoms. The summed E-state index contributed by atoms with van der Waals surface area (Å²) < 4.78 is 35.5. The average Bonchev–Trinajstić information content (AvgIpc) is 2.72. The van der Waals surface area contributed by atoms with Gasteiger partial charge in [-0.3, -0.25) is 4.79 Å². The molecule has 0 saturated carbocycles. The fourth-order valence-corrected chi connectivity index (χ4v) is 1.83. The zero-order chi connectivity index (χ0) is 13.6. The minimum Gasteiger partial charge on any atom is -0.360 e. The van der Waals surface area contributed by atoms with Gasteiger partial charge in [-0.05, 0) is 13.3 Å². The summed E-state index contributed by atoms with van der Waals surface area (Å²) in [6, 6.07) is 0. The van der Waals surface area contributed by atoms with E-state index in [1.165, 1.54) is 0 Å². The van der Waals surface area contributed by atoms with Crippen LogP contribution in [0.3, 0.4) is 0 Å². The van der Waals surface area contributed by atoms with Crippen LogP contribution in [0, 0.1) is 0 Å². The molecule has 0 aromatic carbocycles. The van der Waals surface area contributed by atoms with Crippen LogP contribution in [0.25, 0.3) is 0 Å². The van der Waals surface area contributed by atoms with Crippen molar-refractivity contribution in [1.82, 2.24) is 15.5 Å². The van der Waals surface area contributed by atoms with Gasteiger partial charge >= 0.3 is 6.18 Å². The molecule has 102 valence electrons. The lowest BCUT2D eigenvalue weighted by molar-refractivity contribution is -0.135. The molecule has 18 heavy (non-hydrogen) atoms. The first-order chi connectivity index (χ1) is 8.42. The number of amides is 1. The van der Waals surface area contributed by atoms with Crippen molar-refractivity contribution in [1.29, 1.82) is 0 Å². The lowest BCUT2D eigenvalue weighted by Crippen LogP contribution is -2.25. The predicted octanol–water partition coefficient (Wildman–Crippen LogP) is 2.04. The molecule has 0 radical (unpaired) electrons. The van der Waals surface area contributed by atoms with Crippen molar-refractivity contribution in [3.05, 3.63) is 5.01 Å². The number of nitrogens with one attached hydrogen (secondary N) is 2. The third-order valence-corrected chi connectivity index (χ3v) is 2.75. The molecule has 0 saturated heterocycles. The summed E-state index contributed by atoms with van der Waals surface area (Å²) in [7, 11) is 0. The number of aromatic nitrogens is 2. The molecule has 1 aromatic heterocycles.